The van der Waals surface area contributed by atoms with Gasteiger partial charge in [-0.1, -0.05) is 74.5 Å². The zero-order valence-electron chi connectivity index (χ0n) is 14.4. The summed E-state index contributed by atoms with van der Waals surface area (Å²) in [5.41, 5.74) is 2.57. The molecule has 2 aromatic carbocycles. The predicted octanol–water partition coefficient (Wildman–Crippen LogP) is 3.46. The summed E-state index contributed by atoms with van der Waals surface area (Å²) in [4.78, 5) is 12.8. The second-order valence-electron chi connectivity index (χ2n) is 6.33. The molecular formula is C20H24N2O2. The Hall–Kier alpha value is -2.46. The fraction of sp³-hybridized carbons (Fsp3) is 0.300. The van der Waals surface area contributed by atoms with Gasteiger partial charge in [0.15, 0.2) is 5.60 Å². The van der Waals surface area contributed by atoms with Crippen molar-refractivity contribution in [2.45, 2.75) is 32.8 Å². The Morgan fingerprint density at radius 2 is 1.50 bits per heavy atom. The number of rotatable bonds is 6. The van der Waals surface area contributed by atoms with Crippen LogP contribution in [0.1, 0.15) is 38.3 Å². The van der Waals surface area contributed by atoms with E-state index in [-0.39, 0.29) is 0 Å². The van der Waals surface area contributed by atoms with Crippen LogP contribution in [0, 0.1) is 5.92 Å². The molecule has 0 aromatic heterocycles. The molecule has 0 heterocycles. The topological polar surface area (TPSA) is 61.7 Å². The summed E-state index contributed by atoms with van der Waals surface area (Å²) < 4.78 is 0. The van der Waals surface area contributed by atoms with Gasteiger partial charge >= 0.3 is 0 Å². The minimum absolute atomic E-state index is 0.452. The van der Waals surface area contributed by atoms with Crippen molar-refractivity contribution in [1.82, 2.24) is 5.43 Å². The van der Waals surface area contributed by atoms with E-state index in [1.54, 1.807) is 48.5 Å². The van der Waals surface area contributed by atoms with Crippen molar-refractivity contribution < 1.29 is 9.90 Å². The van der Waals surface area contributed by atoms with Crippen molar-refractivity contribution in [3.8, 4) is 0 Å². The van der Waals surface area contributed by atoms with Gasteiger partial charge < -0.3 is 5.11 Å². The number of carbonyl (C=O) groups is 1. The van der Waals surface area contributed by atoms with Crippen molar-refractivity contribution in [1.29, 1.82) is 0 Å². The molecule has 24 heavy (non-hydrogen) atoms. The van der Waals surface area contributed by atoms with Crippen molar-refractivity contribution in [3.63, 3.8) is 0 Å². The number of hydrogen-bond donors (Lipinski definition) is 2. The van der Waals surface area contributed by atoms with E-state index >= 15 is 0 Å². The van der Waals surface area contributed by atoms with Crippen LogP contribution in [0.4, 0.5) is 0 Å². The molecule has 0 fully saturated rings. The Balaban J connectivity index is 2.35. The highest BCUT2D eigenvalue weighted by molar-refractivity contribution is 5.91. The Kier molecular flexibility index (Phi) is 5.88. The number of benzene rings is 2. The van der Waals surface area contributed by atoms with Crippen LogP contribution < -0.4 is 5.43 Å². The average molecular weight is 324 g/mol. The third-order valence-corrected chi connectivity index (χ3v) is 3.76. The summed E-state index contributed by atoms with van der Waals surface area (Å²) >= 11 is 0. The lowest BCUT2D eigenvalue weighted by Gasteiger charge is -2.27. The molecule has 1 amide bonds. The molecule has 2 N–H and O–H groups in total. The van der Waals surface area contributed by atoms with Gasteiger partial charge in [-0.2, -0.15) is 5.10 Å². The molecule has 0 saturated carbocycles. The Bertz CT molecular complexity index is 655. The molecule has 0 aliphatic carbocycles. The van der Waals surface area contributed by atoms with Crippen molar-refractivity contribution >= 4 is 11.6 Å². The molecule has 4 heteroatoms. The molecule has 0 aliphatic heterocycles. The average Bonchev–Trinajstić information content (AvgIpc) is 2.60. The third kappa shape index (κ3) is 4.09. The minimum atomic E-state index is -1.79. The molecule has 2 aromatic rings. The summed E-state index contributed by atoms with van der Waals surface area (Å²) in [6.07, 6.45) is 0.787. The molecule has 0 radical (unpaired) electrons. The number of amides is 1. The van der Waals surface area contributed by atoms with Crippen LogP contribution in [0.15, 0.2) is 65.8 Å². The number of aliphatic hydroxyl groups is 1. The molecule has 0 atom stereocenters. The van der Waals surface area contributed by atoms with Gasteiger partial charge in [-0.15, -0.1) is 0 Å². The maximum Gasteiger partial charge on any atom is 0.281 e. The van der Waals surface area contributed by atoms with Gasteiger partial charge in [-0.3, -0.25) is 4.79 Å². The van der Waals surface area contributed by atoms with Gasteiger partial charge in [0.1, 0.15) is 0 Å². The molecule has 0 bridgehead atoms. The smallest absolute Gasteiger partial charge is 0.281 e. The van der Waals surface area contributed by atoms with Gasteiger partial charge in [-0.05, 0) is 30.4 Å². The number of nitrogens with zero attached hydrogens (tertiary/aromatic N) is 1. The Morgan fingerprint density at radius 1 is 1.04 bits per heavy atom. The van der Waals surface area contributed by atoms with E-state index in [9.17, 15) is 9.90 Å². The lowest BCUT2D eigenvalue weighted by molar-refractivity contribution is -0.136. The first-order valence-electron chi connectivity index (χ1n) is 8.11. The number of nitrogens with one attached hydrogen (secondary N) is 1. The summed E-state index contributed by atoms with van der Waals surface area (Å²) in [7, 11) is 0. The largest absolute Gasteiger partial charge is 0.372 e. The van der Waals surface area contributed by atoms with Crippen LogP contribution in [-0.4, -0.2) is 16.7 Å². The van der Waals surface area contributed by atoms with E-state index in [4.69, 9.17) is 0 Å². The molecule has 0 unspecified atom stereocenters. The maximum absolute atomic E-state index is 12.8. The molecule has 4 nitrogen and oxygen atoms in total. The highest BCUT2D eigenvalue weighted by Crippen LogP contribution is 2.29. The van der Waals surface area contributed by atoms with Crippen LogP contribution in [-0.2, 0) is 10.4 Å². The van der Waals surface area contributed by atoms with Crippen LogP contribution in [0.5, 0.6) is 0 Å². The molecular weight excluding hydrogens is 300 g/mol. The lowest BCUT2D eigenvalue weighted by atomic mass is 9.85. The van der Waals surface area contributed by atoms with Crippen LogP contribution >= 0.6 is 0 Å². The Labute approximate surface area is 143 Å². The molecule has 0 spiro atoms. The van der Waals surface area contributed by atoms with E-state index in [2.05, 4.69) is 24.4 Å². The molecule has 126 valence electrons. The van der Waals surface area contributed by atoms with Gasteiger partial charge in [0.2, 0.25) is 0 Å². The summed E-state index contributed by atoms with van der Waals surface area (Å²) in [6, 6.07) is 17.8. The van der Waals surface area contributed by atoms with Crippen molar-refractivity contribution in [3.05, 3.63) is 71.8 Å². The van der Waals surface area contributed by atoms with E-state index in [1.807, 2.05) is 19.1 Å². The summed E-state index contributed by atoms with van der Waals surface area (Å²) in [5, 5.41) is 15.4. The lowest BCUT2D eigenvalue weighted by Crippen LogP contribution is -2.43. The maximum atomic E-state index is 12.8. The second kappa shape index (κ2) is 7.88. The predicted molar refractivity (Wildman–Crippen MR) is 96.6 cm³/mol. The van der Waals surface area contributed by atoms with Crippen molar-refractivity contribution in [2.24, 2.45) is 11.0 Å². The number of hydrogen-bond acceptors (Lipinski definition) is 3. The Morgan fingerprint density at radius 3 is 1.92 bits per heavy atom. The van der Waals surface area contributed by atoms with Crippen molar-refractivity contribution in [2.75, 3.05) is 0 Å². The number of hydrazone groups is 1. The number of carbonyl (C=O) groups excluding carboxylic acids is 1. The first-order valence-corrected chi connectivity index (χ1v) is 8.11. The van der Waals surface area contributed by atoms with E-state index in [0.29, 0.717) is 17.0 Å². The first-order chi connectivity index (χ1) is 11.4. The van der Waals surface area contributed by atoms with Gasteiger partial charge in [0.05, 0.1) is 0 Å². The highest BCUT2D eigenvalue weighted by Gasteiger charge is 2.39. The van der Waals surface area contributed by atoms with Crippen LogP contribution in [0.25, 0.3) is 0 Å². The SMILES string of the molecule is C/C(CC(C)C)=N\NC(=O)C(O)(c1ccccc1)c1ccccc1. The van der Waals surface area contributed by atoms with E-state index < -0.39 is 11.5 Å². The summed E-state index contributed by atoms with van der Waals surface area (Å²) in [5.74, 6) is -0.115. The zero-order chi connectivity index (χ0) is 17.6. The fourth-order valence-electron chi connectivity index (χ4n) is 2.65. The fourth-order valence-corrected chi connectivity index (χ4v) is 2.65. The van der Waals surface area contributed by atoms with E-state index in [0.717, 1.165) is 12.1 Å². The standard InChI is InChI=1S/C20H24N2O2/c1-15(2)14-16(3)21-22-19(23)20(24,17-10-6-4-7-11-17)18-12-8-5-9-13-18/h4-13,15,24H,14H2,1-3H3,(H,22,23)/b21-16+. The normalized spacial score (nSPS) is 12.3. The highest BCUT2D eigenvalue weighted by atomic mass is 16.3. The molecule has 0 saturated heterocycles. The first kappa shape index (κ1) is 17.9. The van der Waals surface area contributed by atoms with E-state index in [1.165, 1.54) is 0 Å². The quantitative estimate of drug-likeness (QED) is 0.631. The van der Waals surface area contributed by atoms with Crippen LogP contribution in [0.2, 0.25) is 0 Å². The third-order valence-electron chi connectivity index (χ3n) is 3.76. The zero-order valence-corrected chi connectivity index (χ0v) is 14.4. The summed E-state index contributed by atoms with van der Waals surface area (Å²) in [6.45, 7) is 6.04. The monoisotopic (exact) mass is 324 g/mol. The molecule has 0 aliphatic rings. The second-order valence-corrected chi connectivity index (χ2v) is 6.33. The van der Waals surface area contributed by atoms with Gasteiger partial charge in [0, 0.05) is 5.71 Å². The van der Waals surface area contributed by atoms with Gasteiger partial charge in [-0.25, -0.2) is 5.43 Å². The molecule has 2 rings (SSSR count). The van der Waals surface area contributed by atoms with Crippen LogP contribution in [0.3, 0.4) is 0 Å². The van der Waals surface area contributed by atoms with Gasteiger partial charge in [0.25, 0.3) is 5.91 Å². The minimum Gasteiger partial charge on any atom is -0.372 e.